The Morgan fingerprint density at radius 1 is 1.12 bits per heavy atom. The Bertz CT molecular complexity index is 870. The fourth-order valence-electron chi connectivity index (χ4n) is 2.15. The second kappa shape index (κ2) is 7.89. The molecule has 3 rings (SSSR count). The SMILES string of the molecule is O=C(CSc1ncnc2ccccc12)Nc1ccc(OC(F)F)cc1. The van der Waals surface area contributed by atoms with E-state index in [1.807, 2.05) is 24.3 Å². The Morgan fingerprint density at radius 3 is 2.64 bits per heavy atom. The molecule has 0 aliphatic carbocycles. The zero-order valence-corrected chi connectivity index (χ0v) is 13.7. The van der Waals surface area contributed by atoms with Crippen LogP contribution in [0.2, 0.25) is 0 Å². The smallest absolute Gasteiger partial charge is 0.387 e. The van der Waals surface area contributed by atoms with Gasteiger partial charge in [-0.2, -0.15) is 8.78 Å². The van der Waals surface area contributed by atoms with Crippen LogP contribution in [0.4, 0.5) is 14.5 Å². The second-order valence-electron chi connectivity index (χ2n) is 4.94. The quantitative estimate of drug-likeness (QED) is 0.532. The number of para-hydroxylation sites is 1. The van der Waals surface area contributed by atoms with Crippen molar-refractivity contribution in [2.45, 2.75) is 11.6 Å². The van der Waals surface area contributed by atoms with E-state index in [0.29, 0.717) is 5.69 Å². The third kappa shape index (κ3) is 4.63. The van der Waals surface area contributed by atoms with E-state index in [-0.39, 0.29) is 17.4 Å². The van der Waals surface area contributed by atoms with Crippen LogP contribution in [-0.2, 0) is 4.79 Å². The number of nitrogens with one attached hydrogen (secondary N) is 1. The highest BCUT2D eigenvalue weighted by Gasteiger charge is 2.09. The number of ether oxygens (including phenoxy) is 1. The van der Waals surface area contributed by atoms with Gasteiger partial charge in [-0.15, -0.1) is 0 Å². The Morgan fingerprint density at radius 2 is 1.88 bits per heavy atom. The molecule has 8 heteroatoms. The number of anilines is 1. The summed E-state index contributed by atoms with van der Waals surface area (Å²) in [5.41, 5.74) is 1.31. The predicted octanol–water partition coefficient (Wildman–Crippen LogP) is 3.96. The molecule has 0 unspecified atom stereocenters. The minimum atomic E-state index is -2.88. The number of carbonyl (C=O) groups excluding carboxylic acids is 1. The number of thioether (sulfide) groups is 1. The Kier molecular flexibility index (Phi) is 5.39. The van der Waals surface area contributed by atoms with Gasteiger partial charge in [-0.25, -0.2) is 9.97 Å². The molecule has 0 aliphatic heterocycles. The molecule has 5 nitrogen and oxygen atoms in total. The molecule has 0 fully saturated rings. The van der Waals surface area contributed by atoms with Crippen LogP contribution in [0.25, 0.3) is 10.9 Å². The summed E-state index contributed by atoms with van der Waals surface area (Å²) in [6, 6.07) is 13.3. The number of carbonyl (C=O) groups is 1. The number of alkyl halides is 2. The van der Waals surface area contributed by atoms with Gasteiger partial charge in [-0.05, 0) is 30.3 Å². The number of fused-ring (bicyclic) bond motifs is 1. The van der Waals surface area contributed by atoms with E-state index >= 15 is 0 Å². The third-order valence-corrected chi connectivity index (χ3v) is 4.21. The van der Waals surface area contributed by atoms with Crippen molar-refractivity contribution in [2.24, 2.45) is 0 Å². The molecular weight excluding hydrogens is 348 g/mol. The van der Waals surface area contributed by atoms with Gasteiger partial charge in [-0.3, -0.25) is 4.79 Å². The molecule has 1 N–H and O–H groups in total. The summed E-state index contributed by atoms with van der Waals surface area (Å²) in [4.78, 5) is 20.4. The lowest BCUT2D eigenvalue weighted by Crippen LogP contribution is -2.14. The summed E-state index contributed by atoms with van der Waals surface area (Å²) < 4.78 is 28.5. The molecule has 0 aliphatic rings. The molecule has 0 atom stereocenters. The first-order valence-electron chi connectivity index (χ1n) is 7.29. The summed E-state index contributed by atoms with van der Waals surface area (Å²) in [5.74, 6) is -0.0268. The van der Waals surface area contributed by atoms with Crippen molar-refractivity contribution in [2.75, 3.05) is 11.1 Å². The molecular formula is C17H13F2N3O2S. The number of rotatable bonds is 6. The lowest BCUT2D eigenvalue weighted by molar-refractivity contribution is -0.113. The first kappa shape index (κ1) is 17.1. The first-order chi connectivity index (χ1) is 12.1. The number of benzene rings is 2. The molecule has 0 spiro atoms. The van der Waals surface area contributed by atoms with Crippen molar-refractivity contribution in [3.05, 3.63) is 54.9 Å². The van der Waals surface area contributed by atoms with E-state index in [2.05, 4.69) is 20.0 Å². The monoisotopic (exact) mass is 361 g/mol. The van der Waals surface area contributed by atoms with Crippen molar-refractivity contribution < 1.29 is 18.3 Å². The molecule has 1 heterocycles. The van der Waals surface area contributed by atoms with Crippen LogP contribution in [0.15, 0.2) is 59.9 Å². The first-order valence-corrected chi connectivity index (χ1v) is 8.27. The molecule has 3 aromatic rings. The molecule has 128 valence electrons. The Balaban J connectivity index is 1.59. The van der Waals surface area contributed by atoms with Crippen molar-refractivity contribution in [3.63, 3.8) is 0 Å². The van der Waals surface area contributed by atoms with Crippen molar-refractivity contribution in [1.29, 1.82) is 0 Å². The summed E-state index contributed by atoms with van der Waals surface area (Å²) in [6.45, 7) is -2.88. The Hall–Kier alpha value is -2.74. The maximum atomic E-state index is 12.1. The van der Waals surface area contributed by atoms with Gasteiger partial charge in [0.15, 0.2) is 0 Å². The van der Waals surface area contributed by atoms with Crippen LogP contribution in [0, 0.1) is 0 Å². The van der Waals surface area contributed by atoms with E-state index in [1.54, 1.807) is 0 Å². The van der Waals surface area contributed by atoms with Gasteiger partial charge in [0.05, 0.1) is 11.3 Å². The fourth-order valence-corrected chi connectivity index (χ4v) is 2.94. The van der Waals surface area contributed by atoms with E-state index in [1.165, 1.54) is 42.4 Å². The van der Waals surface area contributed by atoms with Gasteiger partial charge < -0.3 is 10.1 Å². The molecule has 0 saturated heterocycles. The van der Waals surface area contributed by atoms with Gasteiger partial charge in [-0.1, -0.05) is 30.0 Å². The van der Waals surface area contributed by atoms with Crippen molar-refractivity contribution >= 4 is 34.3 Å². The summed E-state index contributed by atoms with van der Waals surface area (Å²) in [7, 11) is 0. The molecule has 0 bridgehead atoms. The van der Waals surface area contributed by atoms with E-state index < -0.39 is 6.61 Å². The number of hydrogen-bond donors (Lipinski definition) is 1. The van der Waals surface area contributed by atoms with E-state index in [0.717, 1.165) is 15.9 Å². The fraction of sp³-hybridized carbons (Fsp3) is 0.118. The minimum Gasteiger partial charge on any atom is -0.435 e. The van der Waals surface area contributed by atoms with Crippen LogP contribution >= 0.6 is 11.8 Å². The number of halogens is 2. The van der Waals surface area contributed by atoms with Gasteiger partial charge in [0.1, 0.15) is 17.1 Å². The normalized spacial score (nSPS) is 10.8. The van der Waals surface area contributed by atoms with Crippen LogP contribution in [0.3, 0.4) is 0 Å². The van der Waals surface area contributed by atoms with Gasteiger partial charge >= 0.3 is 6.61 Å². The molecule has 0 saturated carbocycles. The molecule has 0 radical (unpaired) electrons. The van der Waals surface area contributed by atoms with E-state index in [4.69, 9.17) is 0 Å². The highest BCUT2D eigenvalue weighted by molar-refractivity contribution is 8.00. The van der Waals surface area contributed by atoms with Crippen LogP contribution in [0.1, 0.15) is 0 Å². The predicted molar refractivity (Wildman–Crippen MR) is 92.0 cm³/mol. The highest BCUT2D eigenvalue weighted by Crippen LogP contribution is 2.24. The number of aromatic nitrogens is 2. The zero-order chi connectivity index (χ0) is 17.6. The van der Waals surface area contributed by atoms with Gasteiger partial charge in [0.25, 0.3) is 0 Å². The van der Waals surface area contributed by atoms with Crippen LogP contribution in [-0.4, -0.2) is 28.2 Å². The minimum absolute atomic E-state index is 0.0369. The second-order valence-corrected chi connectivity index (χ2v) is 5.90. The number of amides is 1. The van der Waals surface area contributed by atoms with Gasteiger partial charge in [0, 0.05) is 11.1 Å². The van der Waals surface area contributed by atoms with Crippen molar-refractivity contribution in [3.8, 4) is 5.75 Å². The molecule has 2 aromatic carbocycles. The largest absolute Gasteiger partial charge is 0.435 e. The maximum absolute atomic E-state index is 12.1. The molecule has 25 heavy (non-hydrogen) atoms. The lowest BCUT2D eigenvalue weighted by atomic mass is 10.2. The average Bonchev–Trinajstić information content (AvgIpc) is 2.61. The zero-order valence-electron chi connectivity index (χ0n) is 12.9. The average molecular weight is 361 g/mol. The molecule has 1 aromatic heterocycles. The lowest BCUT2D eigenvalue weighted by Gasteiger charge is -2.08. The van der Waals surface area contributed by atoms with Crippen LogP contribution in [0.5, 0.6) is 5.75 Å². The van der Waals surface area contributed by atoms with E-state index in [9.17, 15) is 13.6 Å². The highest BCUT2D eigenvalue weighted by atomic mass is 32.2. The number of hydrogen-bond acceptors (Lipinski definition) is 5. The number of nitrogens with zero attached hydrogens (tertiary/aromatic N) is 2. The third-order valence-electron chi connectivity index (χ3n) is 3.21. The summed E-state index contributed by atoms with van der Waals surface area (Å²) in [6.07, 6.45) is 1.46. The Labute approximate surface area is 146 Å². The summed E-state index contributed by atoms with van der Waals surface area (Å²) >= 11 is 1.30. The van der Waals surface area contributed by atoms with Crippen molar-refractivity contribution in [1.82, 2.24) is 9.97 Å². The molecule has 1 amide bonds. The maximum Gasteiger partial charge on any atom is 0.387 e. The standard InChI is InChI=1S/C17H13F2N3O2S/c18-17(19)24-12-7-5-11(6-8-12)22-15(23)9-25-16-13-3-1-2-4-14(13)20-10-21-16/h1-8,10,17H,9H2,(H,22,23). The summed E-state index contributed by atoms with van der Waals surface area (Å²) in [5, 5.41) is 4.30. The topological polar surface area (TPSA) is 64.1 Å². The van der Waals surface area contributed by atoms with Crippen LogP contribution < -0.4 is 10.1 Å². The van der Waals surface area contributed by atoms with Gasteiger partial charge in [0.2, 0.25) is 5.91 Å².